The number of rotatable bonds is 4. The lowest BCUT2D eigenvalue weighted by Crippen LogP contribution is -2.44. The molecule has 1 aromatic rings. The Morgan fingerprint density at radius 1 is 1.10 bits per heavy atom. The largest absolute Gasteiger partial charge is 0.493 e. The topological polar surface area (TPSA) is 64.6 Å². The normalized spacial score (nSPS) is 17.6. The van der Waals surface area contributed by atoms with Gasteiger partial charge in [0.25, 0.3) is 0 Å². The number of methoxy groups -OCH3 is 2. The molecule has 0 saturated carbocycles. The first-order valence-corrected chi connectivity index (χ1v) is 6.49. The number of benzene rings is 1. The zero-order chi connectivity index (χ0) is 14.8. The van der Waals surface area contributed by atoms with Gasteiger partial charge in [-0.05, 0) is 29.5 Å². The molecule has 0 aromatic heterocycles. The molecule has 0 spiro atoms. The van der Waals surface area contributed by atoms with Crippen molar-refractivity contribution in [3.63, 3.8) is 0 Å². The minimum Gasteiger partial charge on any atom is -0.493 e. The van der Waals surface area contributed by atoms with Gasteiger partial charge in [-0.2, -0.15) is 0 Å². The Kier molecular flexibility index (Phi) is 3.97. The highest BCUT2D eigenvalue weighted by Crippen LogP contribution is 2.35. The summed E-state index contributed by atoms with van der Waals surface area (Å²) in [6.07, 6.45) is 1.35. The fourth-order valence-electron chi connectivity index (χ4n) is 2.69. The van der Waals surface area contributed by atoms with Gasteiger partial charge in [-0.3, -0.25) is 14.9 Å². The standard InChI is InChI=1S/C15H19NO4/c1-15(8-13(17)16-14(18)9-15)7-10-4-5-11(19-2)12(6-10)20-3/h4-6H,7-9H2,1-3H3,(H,16,17,18). The van der Waals surface area contributed by atoms with E-state index >= 15 is 0 Å². The molecule has 0 bridgehead atoms. The lowest BCUT2D eigenvalue weighted by atomic mass is 9.75. The first kappa shape index (κ1) is 14.4. The van der Waals surface area contributed by atoms with Gasteiger partial charge in [-0.1, -0.05) is 13.0 Å². The van der Waals surface area contributed by atoms with Crippen LogP contribution in [0, 0.1) is 5.41 Å². The van der Waals surface area contributed by atoms with Crippen LogP contribution in [0.3, 0.4) is 0 Å². The molecule has 1 heterocycles. The molecule has 1 aliphatic heterocycles. The lowest BCUT2D eigenvalue weighted by molar-refractivity contribution is -0.137. The fourth-order valence-corrected chi connectivity index (χ4v) is 2.69. The quantitative estimate of drug-likeness (QED) is 0.851. The SMILES string of the molecule is COc1ccc(CC2(C)CC(=O)NC(=O)C2)cc1OC. The van der Waals surface area contributed by atoms with Crippen molar-refractivity contribution in [1.29, 1.82) is 0 Å². The molecule has 1 aromatic carbocycles. The molecule has 1 saturated heterocycles. The van der Waals surface area contributed by atoms with Crippen LogP contribution < -0.4 is 14.8 Å². The zero-order valence-corrected chi connectivity index (χ0v) is 12.0. The summed E-state index contributed by atoms with van der Waals surface area (Å²) in [6, 6.07) is 5.66. The van der Waals surface area contributed by atoms with E-state index in [4.69, 9.17) is 9.47 Å². The average Bonchev–Trinajstić information content (AvgIpc) is 2.36. The van der Waals surface area contributed by atoms with Crippen LogP contribution in [-0.2, 0) is 16.0 Å². The monoisotopic (exact) mass is 277 g/mol. The summed E-state index contributed by atoms with van der Waals surface area (Å²) in [6.45, 7) is 1.96. The highest BCUT2D eigenvalue weighted by atomic mass is 16.5. The maximum atomic E-state index is 11.5. The van der Waals surface area contributed by atoms with Gasteiger partial charge >= 0.3 is 0 Å². The van der Waals surface area contributed by atoms with Crippen LogP contribution in [0.5, 0.6) is 11.5 Å². The van der Waals surface area contributed by atoms with E-state index < -0.39 is 0 Å². The molecule has 5 heteroatoms. The summed E-state index contributed by atoms with van der Waals surface area (Å²) in [4.78, 5) is 23.1. The Hall–Kier alpha value is -2.04. The Bertz CT molecular complexity index is 523. The van der Waals surface area contributed by atoms with Crippen molar-refractivity contribution in [2.45, 2.75) is 26.2 Å². The van der Waals surface area contributed by atoms with Gasteiger partial charge in [0.2, 0.25) is 11.8 Å². The van der Waals surface area contributed by atoms with Gasteiger partial charge in [-0.15, -0.1) is 0 Å². The average molecular weight is 277 g/mol. The molecule has 0 aliphatic carbocycles. The van der Waals surface area contributed by atoms with Crippen LogP contribution in [0.25, 0.3) is 0 Å². The summed E-state index contributed by atoms with van der Waals surface area (Å²) in [5, 5.41) is 2.34. The van der Waals surface area contributed by atoms with E-state index in [0.29, 0.717) is 30.8 Å². The molecule has 20 heavy (non-hydrogen) atoms. The van der Waals surface area contributed by atoms with Crippen LogP contribution in [-0.4, -0.2) is 26.0 Å². The molecule has 2 amide bonds. The van der Waals surface area contributed by atoms with Crippen LogP contribution in [0.15, 0.2) is 18.2 Å². The van der Waals surface area contributed by atoms with Gasteiger partial charge < -0.3 is 9.47 Å². The number of carbonyl (C=O) groups excluding carboxylic acids is 2. The van der Waals surface area contributed by atoms with Crippen molar-refractivity contribution < 1.29 is 19.1 Å². The Morgan fingerprint density at radius 3 is 2.25 bits per heavy atom. The summed E-state index contributed by atoms with van der Waals surface area (Å²) in [5.41, 5.74) is 0.673. The molecule has 108 valence electrons. The molecular weight excluding hydrogens is 258 g/mol. The number of piperidine rings is 1. The van der Waals surface area contributed by atoms with Gasteiger partial charge in [0, 0.05) is 12.8 Å². The third-order valence-corrected chi connectivity index (χ3v) is 3.53. The van der Waals surface area contributed by atoms with Crippen LogP contribution in [0.1, 0.15) is 25.3 Å². The van der Waals surface area contributed by atoms with Crippen LogP contribution in [0.4, 0.5) is 0 Å². The maximum absolute atomic E-state index is 11.5. The molecular formula is C15H19NO4. The van der Waals surface area contributed by atoms with Crippen molar-refractivity contribution in [3.05, 3.63) is 23.8 Å². The van der Waals surface area contributed by atoms with Crippen molar-refractivity contribution in [1.82, 2.24) is 5.32 Å². The molecule has 2 rings (SSSR count). The summed E-state index contributed by atoms with van der Waals surface area (Å²) in [7, 11) is 3.17. The summed E-state index contributed by atoms with van der Waals surface area (Å²) in [5.74, 6) is 0.910. The zero-order valence-electron chi connectivity index (χ0n) is 12.0. The predicted octanol–water partition coefficient (Wildman–Crippen LogP) is 1.69. The fraction of sp³-hybridized carbons (Fsp3) is 0.467. The van der Waals surface area contributed by atoms with E-state index in [0.717, 1.165) is 5.56 Å². The van der Waals surface area contributed by atoms with Gasteiger partial charge in [-0.25, -0.2) is 0 Å². The highest BCUT2D eigenvalue weighted by molar-refractivity contribution is 5.98. The minimum absolute atomic E-state index is 0.204. The number of ether oxygens (including phenoxy) is 2. The van der Waals surface area contributed by atoms with Gasteiger partial charge in [0.05, 0.1) is 14.2 Å². The van der Waals surface area contributed by atoms with Crippen molar-refractivity contribution in [2.75, 3.05) is 14.2 Å². The second-order valence-electron chi connectivity index (χ2n) is 5.50. The molecule has 0 atom stereocenters. The van der Waals surface area contributed by atoms with Crippen LogP contribution >= 0.6 is 0 Å². The number of hydrogen-bond donors (Lipinski definition) is 1. The van der Waals surface area contributed by atoms with Gasteiger partial charge in [0.15, 0.2) is 11.5 Å². The van der Waals surface area contributed by atoms with E-state index in [1.807, 2.05) is 25.1 Å². The molecule has 5 nitrogen and oxygen atoms in total. The van der Waals surface area contributed by atoms with Crippen LogP contribution in [0.2, 0.25) is 0 Å². The molecule has 0 radical (unpaired) electrons. The molecule has 1 N–H and O–H groups in total. The van der Waals surface area contributed by atoms with Gasteiger partial charge in [0.1, 0.15) is 0 Å². The Morgan fingerprint density at radius 2 is 1.70 bits per heavy atom. The van der Waals surface area contributed by atoms with E-state index in [-0.39, 0.29) is 17.2 Å². The number of amides is 2. The van der Waals surface area contributed by atoms with E-state index in [9.17, 15) is 9.59 Å². The van der Waals surface area contributed by atoms with E-state index in [1.54, 1.807) is 14.2 Å². The minimum atomic E-state index is -0.348. The Balaban J connectivity index is 2.20. The maximum Gasteiger partial charge on any atom is 0.227 e. The predicted molar refractivity (Wildman–Crippen MR) is 73.7 cm³/mol. The van der Waals surface area contributed by atoms with E-state index in [2.05, 4.69) is 5.32 Å². The highest BCUT2D eigenvalue weighted by Gasteiger charge is 2.35. The number of hydrogen-bond acceptors (Lipinski definition) is 4. The first-order valence-electron chi connectivity index (χ1n) is 6.49. The summed E-state index contributed by atoms with van der Waals surface area (Å²) < 4.78 is 10.5. The second kappa shape index (κ2) is 5.53. The van der Waals surface area contributed by atoms with Crippen molar-refractivity contribution in [2.24, 2.45) is 5.41 Å². The van der Waals surface area contributed by atoms with Crippen molar-refractivity contribution in [3.8, 4) is 11.5 Å². The molecule has 0 unspecified atom stereocenters. The first-order chi connectivity index (χ1) is 9.45. The smallest absolute Gasteiger partial charge is 0.227 e. The third-order valence-electron chi connectivity index (χ3n) is 3.53. The number of carbonyl (C=O) groups is 2. The third kappa shape index (κ3) is 3.10. The van der Waals surface area contributed by atoms with E-state index in [1.165, 1.54) is 0 Å². The molecule has 1 fully saturated rings. The second-order valence-corrected chi connectivity index (χ2v) is 5.50. The number of imide groups is 1. The van der Waals surface area contributed by atoms with Crippen molar-refractivity contribution >= 4 is 11.8 Å². The lowest BCUT2D eigenvalue weighted by Gasteiger charge is -2.32. The number of nitrogens with one attached hydrogen (secondary N) is 1. The molecule has 1 aliphatic rings. The Labute approximate surface area is 118 Å². The summed E-state index contributed by atoms with van der Waals surface area (Å²) >= 11 is 0.